The number of nitro benzene ring substituents is 1. The second-order valence-electron chi connectivity index (χ2n) is 6.69. The Balaban J connectivity index is 1.92. The number of carbonyl (C=O) groups excluding carboxylic acids is 1. The van der Waals surface area contributed by atoms with E-state index in [4.69, 9.17) is 0 Å². The van der Waals surface area contributed by atoms with Crippen molar-refractivity contribution in [2.45, 2.75) is 51.6 Å². The molecule has 0 aromatic heterocycles. The number of nitro groups is 1. The number of carbonyl (C=O) groups is 1. The third kappa shape index (κ3) is 3.16. The lowest BCUT2D eigenvalue weighted by atomic mass is 10.1. The van der Waals surface area contributed by atoms with E-state index in [-0.39, 0.29) is 22.6 Å². The summed E-state index contributed by atoms with van der Waals surface area (Å²) >= 11 is 0. The van der Waals surface area contributed by atoms with E-state index < -0.39 is 0 Å². The molecule has 1 amide bonds. The summed E-state index contributed by atoms with van der Waals surface area (Å²) < 4.78 is 0. The fourth-order valence-electron chi connectivity index (χ4n) is 3.35. The highest BCUT2D eigenvalue weighted by Gasteiger charge is 2.35. The lowest BCUT2D eigenvalue weighted by molar-refractivity contribution is -0.384. The van der Waals surface area contributed by atoms with Gasteiger partial charge in [-0.25, -0.2) is 0 Å². The Hall–Kier alpha value is -2.11. The van der Waals surface area contributed by atoms with E-state index in [1.807, 2.05) is 23.6 Å². The van der Waals surface area contributed by atoms with Gasteiger partial charge in [-0.3, -0.25) is 14.9 Å². The SMILES string of the molecule is CC(C)N(C(=O)c1ccc(N2CCCC2)c([N+](=O)[O-])c1)C1CC1. The molecular weight excluding hydrogens is 294 g/mol. The first-order valence-corrected chi connectivity index (χ1v) is 8.35. The van der Waals surface area contributed by atoms with Gasteiger partial charge in [0.05, 0.1) is 4.92 Å². The number of hydrogen-bond acceptors (Lipinski definition) is 4. The number of nitrogens with zero attached hydrogens (tertiary/aromatic N) is 3. The first kappa shape index (κ1) is 15.8. The maximum atomic E-state index is 12.8. The quantitative estimate of drug-likeness (QED) is 0.618. The zero-order valence-electron chi connectivity index (χ0n) is 13.7. The van der Waals surface area contributed by atoms with Crippen LogP contribution in [0.3, 0.4) is 0 Å². The van der Waals surface area contributed by atoms with Crippen molar-refractivity contribution in [1.82, 2.24) is 4.90 Å². The molecule has 0 bridgehead atoms. The molecule has 1 saturated carbocycles. The predicted molar refractivity (Wildman–Crippen MR) is 88.9 cm³/mol. The third-order valence-corrected chi connectivity index (χ3v) is 4.60. The first-order chi connectivity index (χ1) is 11.0. The van der Waals surface area contributed by atoms with Gasteiger partial charge in [-0.05, 0) is 51.7 Å². The standard InChI is InChI=1S/C17H23N3O3/c1-12(2)19(14-6-7-14)17(21)13-5-8-15(16(11-13)20(22)23)18-9-3-4-10-18/h5,8,11-12,14H,3-4,6-7,9-10H2,1-2H3. The number of amides is 1. The monoisotopic (exact) mass is 317 g/mol. The highest BCUT2D eigenvalue weighted by Crippen LogP contribution is 2.34. The number of benzene rings is 1. The van der Waals surface area contributed by atoms with Crippen LogP contribution in [0.2, 0.25) is 0 Å². The average Bonchev–Trinajstić information content (AvgIpc) is 3.18. The molecule has 23 heavy (non-hydrogen) atoms. The van der Waals surface area contributed by atoms with Gasteiger partial charge in [0.25, 0.3) is 11.6 Å². The van der Waals surface area contributed by atoms with Crippen molar-refractivity contribution in [2.75, 3.05) is 18.0 Å². The summed E-state index contributed by atoms with van der Waals surface area (Å²) in [5, 5.41) is 11.5. The van der Waals surface area contributed by atoms with Gasteiger partial charge < -0.3 is 9.80 Å². The van der Waals surface area contributed by atoms with Crippen molar-refractivity contribution in [3.8, 4) is 0 Å². The Kier molecular flexibility index (Phi) is 4.24. The van der Waals surface area contributed by atoms with Crippen molar-refractivity contribution in [2.24, 2.45) is 0 Å². The summed E-state index contributed by atoms with van der Waals surface area (Å²) in [5.74, 6) is -0.0985. The van der Waals surface area contributed by atoms with E-state index >= 15 is 0 Å². The molecule has 1 aromatic rings. The van der Waals surface area contributed by atoms with Crippen LogP contribution in [0.25, 0.3) is 0 Å². The molecule has 6 heteroatoms. The van der Waals surface area contributed by atoms with E-state index in [1.165, 1.54) is 6.07 Å². The Morgan fingerprint density at radius 2 is 1.96 bits per heavy atom. The Morgan fingerprint density at radius 1 is 1.30 bits per heavy atom. The van der Waals surface area contributed by atoms with Crippen LogP contribution in [-0.4, -0.2) is 40.9 Å². The van der Waals surface area contributed by atoms with Crippen LogP contribution >= 0.6 is 0 Å². The molecule has 0 radical (unpaired) electrons. The average molecular weight is 317 g/mol. The highest BCUT2D eigenvalue weighted by atomic mass is 16.6. The van der Waals surface area contributed by atoms with Crippen molar-refractivity contribution in [3.63, 3.8) is 0 Å². The fourth-order valence-corrected chi connectivity index (χ4v) is 3.35. The Morgan fingerprint density at radius 3 is 2.48 bits per heavy atom. The minimum absolute atomic E-state index is 0.0391. The van der Waals surface area contributed by atoms with Crippen LogP contribution in [0.15, 0.2) is 18.2 Å². The maximum absolute atomic E-state index is 12.8. The lowest BCUT2D eigenvalue weighted by Gasteiger charge is -2.27. The largest absolute Gasteiger partial charge is 0.366 e. The van der Waals surface area contributed by atoms with E-state index in [9.17, 15) is 14.9 Å². The molecule has 1 aromatic carbocycles. The normalized spacial score (nSPS) is 17.6. The van der Waals surface area contributed by atoms with E-state index in [2.05, 4.69) is 0 Å². The smallest absolute Gasteiger partial charge is 0.293 e. The van der Waals surface area contributed by atoms with Gasteiger partial charge in [0.15, 0.2) is 0 Å². The van der Waals surface area contributed by atoms with Gasteiger partial charge in [0, 0.05) is 36.8 Å². The van der Waals surface area contributed by atoms with Gasteiger partial charge in [-0.15, -0.1) is 0 Å². The minimum Gasteiger partial charge on any atom is -0.366 e. The van der Waals surface area contributed by atoms with Gasteiger partial charge >= 0.3 is 0 Å². The molecule has 2 fully saturated rings. The van der Waals surface area contributed by atoms with Crippen LogP contribution in [0.4, 0.5) is 11.4 Å². The summed E-state index contributed by atoms with van der Waals surface area (Å²) in [6, 6.07) is 5.32. The first-order valence-electron chi connectivity index (χ1n) is 8.35. The van der Waals surface area contributed by atoms with Crippen LogP contribution in [0.5, 0.6) is 0 Å². The molecule has 1 aliphatic carbocycles. The summed E-state index contributed by atoms with van der Waals surface area (Å²) in [6.45, 7) is 5.66. The molecule has 3 rings (SSSR count). The van der Waals surface area contributed by atoms with Crippen LogP contribution < -0.4 is 4.90 Å². The molecule has 0 atom stereocenters. The third-order valence-electron chi connectivity index (χ3n) is 4.60. The highest BCUT2D eigenvalue weighted by molar-refractivity contribution is 5.96. The van der Waals surface area contributed by atoms with Crippen LogP contribution in [-0.2, 0) is 0 Å². The molecule has 1 aliphatic heterocycles. The Labute approximate surface area is 136 Å². The molecule has 1 saturated heterocycles. The minimum atomic E-state index is -0.374. The van der Waals surface area contributed by atoms with E-state index in [0.29, 0.717) is 17.3 Å². The van der Waals surface area contributed by atoms with Gasteiger partial charge in [-0.1, -0.05) is 0 Å². The molecule has 1 heterocycles. The summed E-state index contributed by atoms with van der Waals surface area (Å²) in [5.41, 5.74) is 1.09. The Bertz CT molecular complexity index is 618. The molecule has 6 nitrogen and oxygen atoms in total. The van der Waals surface area contributed by atoms with Gasteiger partial charge in [0.2, 0.25) is 0 Å². The van der Waals surface area contributed by atoms with Crippen molar-refractivity contribution < 1.29 is 9.72 Å². The van der Waals surface area contributed by atoms with Crippen molar-refractivity contribution >= 4 is 17.3 Å². The summed E-state index contributed by atoms with van der Waals surface area (Å²) in [4.78, 5) is 27.7. The summed E-state index contributed by atoms with van der Waals surface area (Å²) in [7, 11) is 0. The fraction of sp³-hybridized carbons (Fsp3) is 0.588. The molecule has 2 aliphatic rings. The predicted octanol–water partition coefficient (Wildman–Crippen LogP) is 3.21. The molecule has 0 N–H and O–H groups in total. The topological polar surface area (TPSA) is 66.7 Å². The van der Waals surface area contributed by atoms with Gasteiger partial charge in [0.1, 0.15) is 5.69 Å². The summed E-state index contributed by atoms with van der Waals surface area (Å²) in [6.07, 6.45) is 4.16. The van der Waals surface area contributed by atoms with E-state index in [1.54, 1.807) is 12.1 Å². The molecule has 124 valence electrons. The van der Waals surface area contributed by atoms with E-state index in [0.717, 1.165) is 38.8 Å². The van der Waals surface area contributed by atoms with Crippen molar-refractivity contribution in [3.05, 3.63) is 33.9 Å². The molecule has 0 spiro atoms. The number of hydrogen-bond donors (Lipinski definition) is 0. The van der Waals surface area contributed by atoms with Crippen LogP contribution in [0.1, 0.15) is 49.9 Å². The zero-order chi connectivity index (χ0) is 16.6. The lowest BCUT2D eigenvalue weighted by Crippen LogP contribution is -2.38. The second kappa shape index (κ2) is 6.18. The molecular formula is C17H23N3O3. The zero-order valence-corrected chi connectivity index (χ0v) is 13.7. The second-order valence-corrected chi connectivity index (χ2v) is 6.69. The van der Waals surface area contributed by atoms with Gasteiger partial charge in [-0.2, -0.15) is 0 Å². The van der Waals surface area contributed by atoms with Crippen LogP contribution in [0, 0.1) is 10.1 Å². The number of anilines is 1. The molecule has 0 unspecified atom stereocenters. The maximum Gasteiger partial charge on any atom is 0.293 e. The van der Waals surface area contributed by atoms with Crippen molar-refractivity contribution in [1.29, 1.82) is 0 Å². The number of rotatable bonds is 5.